The van der Waals surface area contributed by atoms with Crippen LogP contribution in [0.1, 0.15) is 31.1 Å². The number of aromatic nitrogens is 1. The van der Waals surface area contributed by atoms with Crippen molar-refractivity contribution in [3.05, 3.63) is 42.1 Å². The van der Waals surface area contributed by atoms with Gasteiger partial charge in [-0.05, 0) is 51.1 Å². The van der Waals surface area contributed by atoms with Crippen molar-refractivity contribution in [2.75, 3.05) is 23.4 Å². The lowest BCUT2D eigenvalue weighted by molar-refractivity contribution is -0.120. The zero-order valence-electron chi connectivity index (χ0n) is 15.0. The molecule has 0 saturated carbocycles. The smallest absolute Gasteiger partial charge is 0.261 e. The van der Waals surface area contributed by atoms with Gasteiger partial charge < -0.3 is 15.0 Å². The van der Waals surface area contributed by atoms with Crippen LogP contribution in [0, 0.1) is 0 Å². The van der Waals surface area contributed by atoms with Gasteiger partial charge in [0, 0.05) is 29.4 Å². The van der Waals surface area contributed by atoms with Crippen molar-refractivity contribution >= 4 is 35.0 Å². The van der Waals surface area contributed by atoms with Gasteiger partial charge in [0.05, 0.1) is 11.3 Å². The quantitative estimate of drug-likeness (QED) is 0.870. The number of carbonyl (C=O) groups excluding carboxylic acids is 2. The lowest BCUT2D eigenvalue weighted by atomic mass is 10.1. The molecule has 0 saturated heterocycles. The second-order valence-electron chi connectivity index (χ2n) is 6.09. The molecule has 2 aromatic rings. The minimum atomic E-state index is -0.208. The van der Waals surface area contributed by atoms with Gasteiger partial charge in [-0.2, -0.15) is 0 Å². The first-order valence-corrected chi connectivity index (χ1v) is 9.31. The molecular weight excluding hydrogens is 350 g/mol. The highest BCUT2D eigenvalue weighted by atomic mass is 32.2. The summed E-state index contributed by atoms with van der Waals surface area (Å²) in [6.07, 6.45) is 1.68. The van der Waals surface area contributed by atoms with Gasteiger partial charge in [-0.15, -0.1) is 0 Å². The summed E-state index contributed by atoms with van der Waals surface area (Å²) in [5, 5.41) is 3.49. The molecule has 26 heavy (non-hydrogen) atoms. The molecule has 0 fully saturated rings. The van der Waals surface area contributed by atoms with Crippen LogP contribution in [-0.4, -0.2) is 36.1 Å². The topological polar surface area (TPSA) is 71.5 Å². The molecule has 136 valence electrons. The number of nitrogens with one attached hydrogen (secondary N) is 1. The number of carbonyl (C=O) groups is 2. The predicted molar refractivity (Wildman–Crippen MR) is 102 cm³/mol. The van der Waals surface area contributed by atoms with Gasteiger partial charge in [0.2, 0.25) is 5.91 Å². The lowest BCUT2D eigenvalue weighted by Gasteiger charge is -2.27. The normalized spacial score (nSPS) is 13.2. The van der Waals surface area contributed by atoms with Gasteiger partial charge in [0.15, 0.2) is 0 Å². The van der Waals surface area contributed by atoms with E-state index in [2.05, 4.69) is 10.3 Å². The second kappa shape index (κ2) is 7.88. The predicted octanol–water partition coefficient (Wildman–Crippen LogP) is 3.58. The molecule has 0 aliphatic carbocycles. The summed E-state index contributed by atoms with van der Waals surface area (Å²) in [7, 11) is 0. The Hall–Kier alpha value is -2.38. The highest BCUT2D eigenvalue weighted by molar-refractivity contribution is 7.99. The van der Waals surface area contributed by atoms with Crippen LogP contribution >= 0.6 is 11.8 Å². The third-order valence-corrected chi connectivity index (χ3v) is 4.95. The van der Waals surface area contributed by atoms with E-state index in [1.165, 1.54) is 11.8 Å². The lowest BCUT2D eigenvalue weighted by Crippen LogP contribution is -2.37. The third-order valence-electron chi connectivity index (χ3n) is 3.88. The maximum absolute atomic E-state index is 13.0. The van der Waals surface area contributed by atoms with Crippen molar-refractivity contribution in [3.63, 3.8) is 0 Å². The molecule has 0 radical (unpaired) electrons. The van der Waals surface area contributed by atoms with Gasteiger partial charge in [0.25, 0.3) is 5.91 Å². The van der Waals surface area contributed by atoms with Gasteiger partial charge in [-0.25, -0.2) is 4.98 Å². The summed E-state index contributed by atoms with van der Waals surface area (Å²) in [4.78, 5) is 31.9. The van der Waals surface area contributed by atoms with E-state index in [0.29, 0.717) is 22.9 Å². The van der Waals surface area contributed by atoms with Gasteiger partial charge in [-0.1, -0.05) is 11.8 Å². The van der Waals surface area contributed by atoms with Crippen LogP contribution in [0.4, 0.5) is 11.4 Å². The number of hydrogen-bond acceptors (Lipinski definition) is 5. The summed E-state index contributed by atoms with van der Waals surface area (Å²) in [5.41, 5.74) is 2.07. The Morgan fingerprint density at radius 3 is 2.88 bits per heavy atom. The number of hydrogen-bond donors (Lipinski definition) is 1. The minimum absolute atomic E-state index is 0.00796. The summed E-state index contributed by atoms with van der Waals surface area (Å²) < 4.78 is 5.13. The highest BCUT2D eigenvalue weighted by Crippen LogP contribution is 2.42. The molecule has 1 aliphatic rings. The van der Waals surface area contributed by atoms with Crippen LogP contribution in [0.15, 0.2) is 46.5 Å². The summed E-state index contributed by atoms with van der Waals surface area (Å²) in [6, 6.07) is 9.09. The van der Waals surface area contributed by atoms with E-state index in [1.54, 1.807) is 29.3 Å². The second-order valence-corrected chi connectivity index (χ2v) is 7.13. The van der Waals surface area contributed by atoms with Crippen molar-refractivity contribution in [1.29, 1.82) is 0 Å². The van der Waals surface area contributed by atoms with Gasteiger partial charge >= 0.3 is 0 Å². The Labute approximate surface area is 156 Å². The molecule has 6 nitrogen and oxygen atoms in total. The number of pyridine rings is 1. The molecule has 0 atom stereocenters. The Kier molecular flexibility index (Phi) is 5.58. The Bertz CT molecular complexity index is 839. The number of rotatable bonds is 5. The van der Waals surface area contributed by atoms with Crippen LogP contribution < -0.4 is 10.2 Å². The SMILES string of the molecule is CCOCC(=O)Nc1ccc2c(c1)Sc1ncccc1C(=O)N2C(C)C. The largest absolute Gasteiger partial charge is 0.372 e. The van der Waals surface area contributed by atoms with E-state index in [4.69, 9.17) is 4.74 Å². The maximum Gasteiger partial charge on any atom is 0.261 e. The zero-order valence-corrected chi connectivity index (χ0v) is 15.8. The van der Waals surface area contributed by atoms with Crippen molar-refractivity contribution in [2.24, 2.45) is 0 Å². The first-order chi connectivity index (χ1) is 12.5. The van der Waals surface area contributed by atoms with Crippen LogP contribution in [0.2, 0.25) is 0 Å². The number of fused-ring (bicyclic) bond motifs is 2. The average Bonchev–Trinajstić information content (AvgIpc) is 2.73. The number of amides is 2. The summed E-state index contributed by atoms with van der Waals surface area (Å²) in [5.74, 6) is -0.275. The number of nitrogens with zero attached hydrogens (tertiary/aromatic N) is 2. The van der Waals surface area contributed by atoms with E-state index in [0.717, 1.165) is 10.6 Å². The highest BCUT2D eigenvalue weighted by Gasteiger charge is 2.29. The molecule has 0 unspecified atom stereocenters. The van der Waals surface area contributed by atoms with E-state index < -0.39 is 0 Å². The number of anilines is 2. The van der Waals surface area contributed by atoms with Gasteiger partial charge in [-0.3, -0.25) is 9.59 Å². The van der Waals surface area contributed by atoms with Crippen LogP contribution in [0.5, 0.6) is 0 Å². The molecule has 1 aliphatic heterocycles. The first kappa shape index (κ1) is 18.4. The fourth-order valence-electron chi connectivity index (χ4n) is 2.76. The monoisotopic (exact) mass is 371 g/mol. The van der Waals surface area contributed by atoms with Crippen LogP contribution in [0.3, 0.4) is 0 Å². The Morgan fingerprint density at radius 2 is 2.15 bits per heavy atom. The molecule has 7 heteroatoms. The van der Waals surface area contributed by atoms with E-state index >= 15 is 0 Å². The van der Waals surface area contributed by atoms with Crippen molar-refractivity contribution < 1.29 is 14.3 Å². The Balaban J connectivity index is 1.98. The third kappa shape index (κ3) is 3.73. The van der Waals surface area contributed by atoms with Crippen molar-refractivity contribution in [1.82, 2.24) is 4.98 Å². The van der Waals surface area contributed by atoms with E-state index in [-0.39, 0.29) is 24.5 Å². The zero-order chi connectivity index (χ0) is 18.7. The maximum atomic E-state index is 13.0. The Morgan fingerprint density at radius 1 is 1.35 bits per heavy atom. The van der Waals surface area contributed by atoms with Crippen LogP contribution in [-0.2, 0) is 9.53 Å². The first-order valence-electron chi connectivity index (χ1n) is 8.49. The van der Waals surface area contributed by atoms with Crippen LogP contribution in [0.25, 0.3) is 0 Å². The summed E-state index contributed by atoms with van der Waals surface area (Å²) >= 11 is 1.43. The molecule has 0 bridgehead atoms. The molecule has 1 N–H and O–H groups in total. The van der Waals surface area contributed by atoms with Gasteiger partial charge in [0.1, 0.15) is 11.6 Å². The average molecular weight is 371 g/mol. The van der Waals surface area contributed by atoms with Crippen molar-refractivity contribution in [3.8, 4) is 0 Å². The molecular formula is C19H21N3O3S. The standard InChI is InChI=1S/C19H21N3O3S/c1-4-25-11-17(23)21-13-7-8-15-16(10-13)26-18-14(6-5-9-20-18)19(24)22(15)12(2)3/h5-10,12H,4,11H2,1-3H3,(H,21,23). The fraction of sp³-hybridized carbons (Fsp3) is 0.316. The molecule has 3 rings (SSSR count). The van der Waals surface area contributed by atoms with E-state index in [1.807, 2.05) is 32.9 Å². The summed E-state index contributed by atoms with van der Waals surface area (Å²) in [6.45, 7) is 6.30. The minimum Gasteiger partial charge on any atom is -0.372 e. The molecule has 1 aromatic heterocycles. The molecule has 0 spiro atoms. The molecule has 1 aromatic carbocycles. The fourth-order valence-corrected chi connectivity index (χ4v) is 3.80. The van der Waals surface area contributed by atoms with Crippen molar-refractivity contribution in [2.45, 2.75) is 36.7 Å². The molecule has 2 heterocycles. The van der Waals surface area contributed by atoms with E-state index in [9.17, 15) is 9.59 Å². The molecule has 2 amide bonds. The number of benzene rings is 1. The number of ether oxygens (including phenoxy) is 1.